The number of aromatic carboxylic acids is 1. The second-order valence-electron chi connectivity index (χ2n) is 4.67. The number of hydrogen-bond donors (Lipinski definition) is 1. The predicted octanol–water partition coefficient (Wildman–Crippen LogP) is 1.57. The van der Waals surface area contributed by atoms with Crippen LogP contribution >= 0.6 is 15.9 Å². The number of fused-ring (bicyclic) bond motifs is 2. The monoisotopic (exact) mass is 339 g/mol. The number of imide groups is 1. The minimum absolute atomic E-state index is 0.0934. The van der Waals surface area contributed by atoms with E-state index in [0.29, 0.717) is 17.3 Å². The summed E-state index contributed by atoms with van der Waals surface area (Å²) in [6.07, 6.45) is -0.319. The summed E-state index contributed by atoms with van der Waals surface area (Å²) in [4.78, 5) is 36.7. The minimum Gasteiger partial charge on any atom is -0.478 e. The van der Waals surface area contributed by atoms with Crippen molar-refractivity contribution in [3.8, 4) is 0 Å². The molecule has 6 nitrogen and oxygen atoms in total. The van der Waals surface area contributed by atoms with Crippen molar-refractivity contribution in [2.45, 2.75) is 25.0 Å². The Morgan fingerprint density at radius 3 is 2.40 bits per heavy atom. The summed E-state index contributed by atoms with van der Waals surface area (Å²) in [7, 11) is 0. The molecule has 2 aliphatic heterocycles. The molecule has 1 N–H and O–H groups in total. The molecular formula is C13H10BrNO5. The van der Waals surface area contributed by atoms with Gasteiger partial charge in [-0.2, -0.15) is 0 Å². The van der Waals surface area contributed by atoms with Crippen LogP contribution in [0.5, 0.6) is 0 Å². The van der Waals surface area contributed by atoms with Crippen LogP contribution in [0.1, 0.15) is 23.2 Å². The van der Waals surface area contributed by atoms with Crippen molar-refractivity contribution in [2.24, 2.45) is 0 Å². The largest absolute Gasteiger partial charge is 0.478 e. The van der Waals surface area contributed by atoms with Crippen LogP contribution in [-0.2, 0) is 14.3 Å². The van der Waals surface area contributed by atoms with Crippen molar-refractivity contribution in [1.82, 2.24) is 0 Å². The quantitative estimate of drug-likeness (QED) is 0.826. The number of carboxylic acids is 1. The summed E-state index contributed by atoms with van der Waals surface area (Å²) in [5.74, 6) is -2.18. The van der Waals surface area contributed by atoms with Crippen LogP contribution in [0.25, 0.3) is 0 Å². The van der Waals surface area contributed by atoms with Gasteiger partial charge in [-0.3, -0.25) is 9.59 Å². The highest BCUT2D eigenvalue weighted by atomic mass is 79.9. The van der Waals surface area contributed by atoms with Crippen molar-refractivity contribution in [3.05, 3.63) is 28.2 Å². The Kier molecular flexibility index (Phi) is 3.10. The maximum atomic E-state index is 12.2. The summed E-state index contributed by atoms with van der Waals surface area (Å²) >= 11 is 3.18. The molecule has 2 bridgehead atoms. The first-order chi connectivity index (χ1) is 9.49. The highest BCUT2D eigenvalue weighted by molar-refractivity contribution is 9.10. The molecule has 2 fully saturated rings. The van der Waals surface area contributed by atoms with Gasteiger partial charge in [0.1, 0.15) is 12.2 Å². The van der Waals surface area contributed by atoms with Gasteiger partial charge in [-0.25, -0.2) is 9.69 Å². The van der Waals surface area contributed by atoms with E-state index in [1.807, 2.05) is 0 Å². The van der Waals surface area contributed by atoms with Crippen LogP contribution in [0.4, 0.5) is 5.69 Å². The van der Waals surface area contributed by atoms with E-state index >= 15 is 0 Å². The number of carbonyl (C=O) groups excluding carboxylic acids is 2. The molecule has 2 amide bonds. The molecule has 2 aliphatic rings. The molecule has 2 unspecified atom stereocenters. The van der Waals surface area contributed by atoms with Gasteiger partial charge in [-0.15, -0.1) is 0 Å². The van der Waals surface area contributed by atoms with E-state index in [1.165, 1.54) is 12.1 Å². The molecule has 1 aromatic rings. The molecule has 0 aliphatic carbocycles. The van der Waals surface area contributed by atoms with Crippen LogP contribution in [0.3, 0.4) is 0 Å². The average Bonchev–Trinajstić information content (AvgIpc) is 2.85. The Labute approximate surface area is 122 Å². The van der Waals surface area contributed by atoms with Crippen LogP contribution in [0, 0.1) is 0 Å². The molecule has 2 saturated heterocycles. The van der Waals surface area contributed by atoms with Crippen LogP contribution in [-0.4, -0.2) is 35.1 Å². The lowest BCUT2D eigenvalue weighted by atomic mass is 10.1. The topological polar surface area (TPSA) is 83.9 Å². The van der Waals surface area contributed by atoms with Gasteiger partial charge in [0.2, 0.25) is 0 Å². The van der Waals surface area contributed by atoms with Crippen LogP contribution < -0.4 is 4.90 Å². The third kappa shape index (κ3) is 1.94. The number of carbonyl (C=O) groups is 3. The highest BCUT2D eigenvalue weighted by Crippen LogP contribution is 2.34. The minimum atomic E-state index is -1.19. The van der Waals surface area contributed by atoms with Crippen molar-refractivity contribution in [3.63, 3.8) is 0 Å². The maximum Gasteiger partial charge on any atom is 0.337 e. The summed E-state index contributed by atoms with van der Waals surface area (Å²) in [5.41, 5.74) is -0.00160. The first kappa shape index (κ1) is 13.3. The number of amides is 2. The molecule has 0 radical (unpaired) electrons. The van der Waals surface area contributed by atoms with Gasteiger partial charge in [-0.05, 0) is 31.0 Å². The van der Waals surface area contributed by atoms with E-state index in [4.69, 9.17) is 4.74 Å². The predicted molar refractivity (Wildman–Crippen MR) is 71.5 cm³/mol. The smallest absolute Gasteiger partial charge is 0.337 e. The molecule has 1 aromatic carbocycles. The molecular weight excluding hydrogens is 330 g/mol. The molecule has 2 atom stereocenters. The van der Waals surface area contributed by atoms with Gasteiger partial charge < -0.3 is 9.84 Å². The second kappa shape index (κ2) is 4.68. The first-order valence-electron chi connectivity index (χ1n) is 6.05. The molecule has 104 valence electrons. The van der Waals surface area contributed by atoms with Gasteiger partial charge in [-0.1, -0.05) is 15.9 Å². The van der Waals surface area contributed by atoms with E-state index in [1.54, 1.807) is 6.07 Å². The Balaban J connectivity index is 2.10. The number of benzene rings is 1. The zero-order valence-electron chi connectivity index (χ0n) is 10.2. The van der Waals surface area contributed by atoms with Crippen LogP contribution in [0.2, 0.25) is 0 Å². The fourth-order valence-electron chi connectivity index (χ4n) is 2.51. The molecule has 3 rings (SSSR count). The van der Waals surface area contributed by atoms with Crippen molar-refractivity contribution < 1.29 is 24.2 Å². The Morgan fingerprint density at radius 1 is 1.25 bits per heavy atom. The van der Waals surface area contributed by atoms with E-state index in [0.717, 1.165) is 4.90 Å². The standard InChI is InChI=1S/C13H10BrNO5/c14-6-1-2-8(7(5-6)13(18)19)15-11(16)9-3-4-10(20-9)12(15)17/h1-2,5,9-10H,3-4H2,(H,18,19). The number of halogens is 1. The third-order valence-electron chi connectivity index (χ3n) is 3.44. The number of nitrogens with zero attached hydrogens (tertiary/aromatic N) is 1. The summed E-state index contributed by atoms with van der Waals surface area (Å²) in [5, 5.41) is 9.24. The van der Waals surface area contributed by atoms with Crippen molar-refractivity contribution in [2.75, 3.05) is 4.90 Å². The summed E-state index contributed by atoms with van der Waals surface area (Å²) in [6, 6.07) is 4.42. The van der Waals surface area contributed by atoms with Gasteiger partial charge in [0.05, 0.1) is 11.3 Å². The molecule has 0 aromatic heterocycles. The Hall–Kier alpha value is -1.73. The van der Waals surface area contributed by atoms with Gasteiger partial charge in [0, 0.05) is 4.47 Å². The number of hydrogen-bond acceptors (Lipinski definition) is 4. The fourth-order valence-corrected chi connectivity index (χ4v) is 2.87. The summed E-state index contributed by atoms with van der Waals surface area (Å²) in [6.45, 7) is 0. The number of morpholine rings is 1. The SMILES string of the molecule is O=C(O)c1cc(Br)ccc1N1C(=O)C2CCC(O2)C1=O. The Morgan fingerprint density at radius 2 is 1.85 bits per heavy atom. The van der Waals surface area contributed by atoms with E-state index in [9.17, 15) is 19.5 Å². The third-order valence-corrected chi connectivity index (χ3v) is 3.93. The summed E-state index contributed by atoms with van der Waals surface area (Å²) < 4.78 is 5.86. The Bertz CT molecular complexity index is 607. The number of anilines is 1. The zero-order valence-corrected chi connectivity index (χ0v) is 11.8. The number of ether oxygens (including phenoxy) is 1. The zero-order chi connectivity index (χ0) is 14.4. The van der Waals surface area contributed by atoms with Crippen molar-refractivity contribution >= 4 is 39.4 Å². The molecule has 20 heavy (non-hydrogen) atoms. The van der Waals surface area contributed by atoms with E-state index in [-0.39, 0.29) is 11.3 Å². The van der Waals surface area contributed by atoms with Gasteiger partial charge in [0.25, 0.3) is 11.8 Å². The van der Waals surface area contributed by atoms with E-state index < -0.39 is 30.0 Å². The lowest BCUT2D eigenvalue weighted by Gasteiger charge is -2.30. The average molecular weight is 340 g/mol. The fraction of sp³-hybridized carbons (Fsp3) is 0.308. The second-order valence-corrected chi connectivity index (χ2v) is 5.58. The number of carboxylic acid groups (broad SMARTS) is 1. The molecule has 7 heteroatoms. The molecule has 2 heterocycles. The highest BCUT2D eigenvalue weighted by Gasteiger charge is 2.47. The number of rotatable bonds is 2. The van der Waals surface area contributed by atoms with Crippen LogP contribution in [0.15, 0.2) is 22.7 Å². The van der Waals surface area contributed by atoms with Gasteiger partial charge in [0.15, 0.2) is 0 Å². The molecule has 0 spiro atoms. The first-order valence-corrected chi connectivity index (χ1v) is 6.84. The van der Waals surface area contributed by atoms with Gasteiger partial charge >= 0.3 is 5.97 Å². The maximum absolute atomic E-state index is 12.2. The van der Waals surface area contributed by atoms with Crippen molar-refractivity contribution in [1.29, 1.82) is 0 Å². The molecule has 0 saturated carbocycles. The normalized spacial score (nSPS) is 25.1. The lowest BCUT2D eigenvalue weighted by molar-refractivity contribution is -0.146. The van der Waals surface area contributed by atoms with E-state index in [2.05, 4.69) is 15.9 Å². The lowest BCUT2D eigenvalue weighted by Crippen LogP contribution is -2.52.